The van der Waals surface area contributed by atoms with E-state index in [1.165, 1.54) is 0 Å². The minimum absolute atomic E-state index is 0.00404. The van der Waals surface area contributed by atoms with Crippen molar-refractivity contribution in [1.82, 2.24) is 19.7 Å². The Kier molecular flexibility index (Phi) is 5.38. The van der Waals surface area contributed by atoms with Gasteiger partial charge in [-0.1, -0.05) is 36.4 Å². The number of carbonyl (C=O) groups excluding carboxylic acids is 2. The highest BCUT2D eigenvalue weighted by Crippen LogP contribution is 2.27. The van der Waals surface area contributed by atoms with Crippen molar-refractivity contribution < 1.29 is 9.59 Å². The second-order valence-corrected chi connectivity index (χ2v) is 8.36. The maximum atomic E-state index is 13.4. The molecule has 2 amide bonds. The number of anilines is 1. The highest BCUT2D eigenvalue weighted by atomic mass is 16.2. The topological polar surface area (TPSA) is 80.1 Å². The van der Waals surface area contributed by atoms with Crippen molar-refractivity contribution in [2.75, 3.05) is 18.4 Å². The number of carbonyl (C=O) groups is 2. The molecule has 0 bridgehead atoms. The van der Waals surface area contributed by atoms with Gasteiger partial charge in [-0.05, 0) is 44.0 Å². The first-order valence-corrected chi connectivity index (χ1v) is 11.1. The predicted octanol–water partition coefficient (Wildman–Crippen LogP) is 4.43. The van der Waals surface area contributed by atoms with E-state index < -0.39 is 0 Å². The van der Waals surface area contributed by atoms with Gasteiger partial charge in [0, 0.05) is 37.0 Å². The van der Waals surface area contributed by atoms with E-state index in [9.17, 15) is 9.59 Å². The Morgan fingerprint density at radius 1 is 0.970 bits per heavy atom. The normalized spacial score (nSPS) is 13.5. The molecule has 2 aromatic heterocycles. The Morgan fingerprint density at radius 3 is 2.48 bits per heavy atom. The van der Waals surface area contributed by atoms with Crippen LogP contribution in [0.2, 0.25) is 0 Å². The fraction of sp³-hybridized carbons (Fsp3) is 0.231. The molecular formula is C26H25N5O2. The molecule has 3 heterocycles. The van der Waals surface area contributed by atoms with E-state index in [1.54, 1.807) is 35.0 Å². The number of benzene rings is 2. The number of aryl methyl sites for hydroxylation is 2. The lowest BCUT2D eigenvalue weighted by Gasteiger charge is -2.16. The Bertz CT molecular complexity index is 1350. The second kappa shape index (κ2) is 8.50. The molecule has 4 aromatic rings. The van der Waals surface area contributed by atoms with Crippen LogP contribution in [-0.4, -0.2) is 44.6 Å². The Labute approximate surface area is 192 Å². The van der Waals surface area contributed by atoms with Gasteiger partial charge >= 0.3 is 0 Å². The van der Waals surface area contributed by atoms with Crippen LogP contribution in [0, 0.1) is 6.92 Å². The molecule has 0 radical (unpaired) electrons. The fourth-order valence-electron chi connectivity index (χ4n) is 4.41. The number of hydrogen-bond donors (Lipinski definition) is 1. The first-order valence-electron chi connectivity index (χ1n) is 11.1. The zero-order chi connectivity index (χ0) is 22.9. The number of fused-ring (bicyclic) bond motifs is 1. The van der Waals surface area contributed by atoms with Gasteiger partial charge in [0.25, 0.3) is 11.8 Å². The van der Waals surface area contributed by atoms with Gasteiger partial charge in [-0.2, -0.15) is 5.10 Å². The number of rotatable bonds is 4. The van der Waals surface area contributed by atoms with E-state index in [0.29, 0.717) is 28.2 Å². The van der Waals surface area contributed by atoms with Crippen molar-refractivity contribution in [2.45, 2.75) is 19.8 Å². The Balaban J connectivity index is 1.51. The molecule has 7 heteroatoms. The average Bonchev–Trinajstić information content (AvgIpc) is 3.47. The zero-order valence-corrected chi connectivity index (χ0v) is 18.7. The third-order valence-corrected chi connectivity index (χ3v) is 6.04. The lowest BCUT2D eigenvalue weighted by atomic mass is 10.0. The van der Waals surface area contributed by atoms with Crippen molar-refractivity contribution in [2.24, 2.45) is 7.05 Å². The first-order chi connectivity index (χ1) is 16.0. The minimum Gasteiger partial charge on any atom is -0.339 e. The van der Waals surface area contributed by atoms with E-state index in [-0.39, 0.29) is 11.8 Å². The van der Waals surface area contributed by atoms with Crippen LogP contribution < -0.4 is 5.32 Å². The van der Waals surface area contributed by atoms with E-state index in [0.717, 1.165) is 42.6 Å². The van der Waals surface area contributed by atoms with Gasteiger partial charge in [-0.25, -0.2) is 4.98 Å². The Hall–Kier alpha value is -4.00. The summed E-state index contributed by atoms with van der Waals surface area (Å²) in [5, 5.41) is 8.18. The number of likely N-dealkylation sites (tertiary alicyclic amines) is 1. The summed E-state index contributed by atoms with van der Waals surface area (Å²) in [4.78, 5) is 32.8. The molecule has 166 valence electrons. The smallest absolute Gasteiger partial charge is 0.256 e. The van der Waals surface area contributed by atoms with Crippen LogP contribution in [0.5, 0.6) is 0 Å². The van der Waals surface area contributed by atoms with E-state index in [2.05, 4.69) is 10.4 Å². The van der Waals surface area contributed by atoms with Crippen LogP contribution in [0.3, 0.4) is 0 Å². The van der Waals surface area contributed by atoms with Gasteiger partial charge in [0.15, 0.2) is 5.65 Å². The molecule has 1 N–H and O–H groups in total. The molecular weight excluding hydrogens is 414 g/mol. The highest BCUT2D eigenvalue weighted by Gasteiger charge is 2.21. The molecule has 5 rings (SSSR count). The second-order valence-electron chi connectivity index (χ2n) is 8.36. The molecule has 1 aliphatic rings. The number of hydrogen-bond acceptors (Lipinski definition) is 4. The summed E-state index contributed by atoms with van der Waals surface area (Å²) >= 11 is 0. The minimum atomic E-state index is -0.263. The van der Waals surface area contributed by atoms with Crippen LogP contribution in [-0.2, 0) is 7.05 Å². The molecule has 2 aromatic carbocycles. The van der Waals surface area contributed by atoms with E-state index >= 15 is 0 Å². The zero-order valence-electron chi connectivity index (χ0n) is 18.7. The Morgan fingerprint density at radius 2 is 1.73 bits per heavy atom. The number of pyridine rings is 1. The summed E-state index contributed by atoms with van der Waals surface area (Å²) in [5.41, 5.74) is 4.68. The van der Waals surface area contributed by atoms with Crippen LogP contribution in [0.25, 0.3) is 22.3 Å². The van der Waals surface area contributed by atoms with Crippen LogP contribution in [0.4, 0.5) is 5.69 Å². The largest absolute Gasteiger partial charge is 0.339 e. The van der Waals surface area contributed by atoms with E-state index in [4.69, 9.17) is 4.98 Å². The number of amides is 2. The predicted molar refractivity (Wildman–Crippen MR) is 128 cm³/mol. The van der Waals surface area contributed by atoms with Crippen LogP contribution in [0.15, 0.2) is 60.7 Å². The summed E-state index contributed by atoms with van der Waals surface area (Å²) < 4.78 is 1.70. The third kappa shape index (κ3) is 3.98. The lowest BCUT2D eigenvalue weighted by Crippen LogP contribution is -2.27. The van der Waals surface area contributed by atoms with Gasteiger partial charge in [0.1, 0.15) is 0 Å². The van der Waals surface area contributed by atoms with Gasteiger partial charge in [0.2, 0.25) is 0 Å². The van der Waals surface area contributed by atoms with Crippen molar-refractivity contribution in [3.8, 4) is 11.3 Å². The average molecular weight is 440 g/mol. The van der Waals surface area contributed by atoms with Crippen LogP contribution >= 0.6 is 0 Å². The van der Waals surface area contributed by atoms with Gasteiger partial charge in [-0.3, -0.25) is 14.3 Å². The van der Waals surface area contributed by atoms with Gasteiger partial charge in [0.05, 0.1) is 22.3 Å². The van der Waals surface area contributed by atoms with Gasteiger partial charge in [-0.15, -0.1) is 0 Å². The van der Waals surface area contributed by atoms with Crippen LogP contribution in [0.1, 0.15) is 39.3 Å². The lowest BCUT2D eigenvalue weighted by molar-refractivity contribution is 0.0792. The maximum Gasteiger partial charge on any atom is 0.256 e. The fourth-order valence-corrected chi connectivity index (χ4v) is 4.41. The maximum absolute atomic E-state index is 13.4. The summed E-state index contributed by atoms with van der Waals surface area (Å²) in [6, 6.07) is 18.7. The van der Waals surface area contributed by atoms with Gasteiger partial charge < -0.3 is 10.2 Å². The molecule has 1 aliphatic heterocycles. The van der Waals surface area contributed by atoms with Crippen molar-refractivity contribution in [3.05, 3.63) is 77.5 Å². The molecule has 0 saturated carbocycles. The third-order valence-electron chi connectivity index (χ3n) is 6.04. The van der Waals surface area contributed by atoms with Crippen molar-refractivity contribution in [1.29, 1.82) is 0 Å². The highest BCUT2D eigenvalue weighted by molar-refractivity contribution is 6.13. The summed E-state index contributed by atoms with van der Waals surface area (Å²) in [6.07, 6.45) is 2.07. The summed E-state index contributed by atoms with van der Waals surface area (Å²) in [7, 11) is 1.83. The monoisotopic (exact) mass is 439 g/mol. The molecule has 33 heavy (non-hydrogen) atoms. The molecule has 0 atom stereocenters. The standard InChI is InChI=1S/C26H25N5O2/c1-17-23-21(16-22(18-9-4-3-5-10-18)28-24(23)30(2)29-17)25(32)27-20-12-8-11-19(15-20)26(33)31-13-6-7-14-31/h3-5,8-12,15-16H,6-7,13-14H2,1-2H3,(H,27,32). The molecule has 1 saturated heterocycles. The SMILES string of the molecule is Cc1nn(C)c2nc(-c3ccccc3)cc(C(=O)Nc3cccc(C(=O)N4CCCC4)c3)c12. The molecule has 0 unspecified atom stereocenters. The molecule has 0 spiro atoms. The number of nitrogens with one attached hydrogen (secondary N) is 1. The summed E-state index contributed by atoms with van der Waals surface area (Å²) in [5.74, 6) is -0.258. The van der Waals surface area contributed by atoms with E-state index in [1.807, 2.05) is 49.2 Å². The molecule has 0 aliphatic carbocycles. The number of aromatic nitrogens is 3. The quantitative estimate of drug-likeness (QED) is 0.510. The molecule has 1 fully saturated rings. The first kappa shape index (κ1) is 20.9. The number of nitrogens with zero attached hydrogens (tertiary/aromatic N) is 4. The van der Waals surface area contributed by atoms with Crippen molar-refractivity contribution >= 4 is 28.5 Å². The molecule has 7 nitrogen and oxygen atoms in total. The van der Waals surface area contributed by atoms with Crippen molar-refractivity contribution in [3.63, 3.8) is 0 Å². The summed E-state index contributed by atoms with van der Waals surface area (Å²) in [6.45, 7) is 3.44.